The normalized spacial score (nSPS) is 18.3. The molecule has 0 fully saturated rings. The summed E-state index contributed by atoms with van der Waals surface area (Å²) in [5, 5.41) is 7.57. The van der Waals surface area contributed by atoms with Crippen LogP contribution < -0.4 is 14.8 Å². The Morgan fingerprint density at radius 1 is 1.17 bits per heavy atom. The smallest absolute Gasteiger partial charge is 0.238 e. The first-order valence-corrected chi connectivity index (χ1v) is 10.9. The van der Waals surface area contributed by atoms with E-state index < -0.39 is 0 Å². The van der Waals surface area contributed by atoms with Crippen molar-refractivity contribution in [1.29, 1.82) is 0 Å². The van der Waals surface area contributed by atoms with Gasteiger partial charge in [0.15, 0.2) is 11.5 Å². The van der Waals surface area contributed by atoms with E-state index in [9.17, 15) is 4.79 Å². The lowest BCUT2D eigenvalue weighted by Crippen LogP contribution is -2.22. The molecule has 1 N–H and O–H groups in total. The first kappa shape index (κ1) is 20.3. The van der Waals surface area contributed by atoms with E-state index >= 15 is 0 Å². The monoisotopic (exact) mass is 423 g/mol. The van der Waals surface area contributed by atoms with Gasteiger partial charge in [0.2, 0.25) is 5.91 Å². The van der Waals surface area contributed by atoms with Crippen molar-refractivity contribution in [2.75, 3.05) is 19.0 Å². The van der Waals surface area contributed by atoms with Crippen molar-refractivity contribution in [3.8, 4) is 17.2 Å². The Balaban J connectivity index is 1.87. The van der Waals surface area contributed by atoms with Crippen molar-refractivity contribution in [1.82, 2.24) is 9.78 Å². The molecule has 0 radical (unpaired) electrons. The maximum absolute atomic E-state index is 12.8. The summed E-state index contributed by atoms with van der Waals surface area (Å²) in [6.45, 7) is 6.43. The molecule has 0 bridgehead atoms. The minimum Gasteiger partial charge on any atom is -0.493 e. The van der Waals surface area contributed by atoms with Crippen molar-refractivity contribution in [2.45, 2.75) is 31.3 Å². The Labute approximate surface area is 180 Å². The van der Waals surface area contributed by atoms with Crippen molar-refractivity contribution in [3.63, 3.8) is 0 Å². The van der Waals surface area contributed by atoms with Gasteiger partial charge >= 0.3 is 0 Å². The molecule has 2 atom stereocenters. The number of nitrogens with one attached hydrogen (secondary N) is 1. The number of carbonyl (C=O) groups excluding carboxylic acids is 1. The largest absolute Gasteiger partial charge is 0.493 e. The molecule has 1 aliphatic rings. The SMILES string of the molecule is CCOc1ccc([C@@H]2S[C@H](C)C(=O)Nc3c2c(C)nn3-c2ccccc2)cc1OC. The van der Waals surface area contributed by atoms with Crippen LogP contribution in [0.3, 0.4) is 0 Å². The Hall–Kier alpha value is -2.93. The molecular formula is C23H25N3O3S. The minimum atomic E-state index is -0.219. The number of hydrogen-bond donors (Lipinski definition) is 1. The van der Waals surface area contributed by atoms with Gasteiger partial charge in [-0.1, -0.05) is 24.3 Å². The standard InChI is InChI=1S/C23H25N3O3S/c1-5-29-18-12-11-16(13-19(18)28-4)21-20-14(2)25-26(17-9-7-6-8-10-17)22(20)24-23(27)15(3)30-21/h6-13,15,21H,5H2,1-4H3,(H,24,27)/t15-,21+/m1/s1. The molecule has 2 heterocycles. The van der Waals surface area contributed by atoms with Gasteiger partial charge in [-0.2, -0.15) is 5.10 Å². The van der Waals surface area contributed by atoms with Gasteiger partial charge in [-0.3, -0.25) is 4.79 Å². The molecule has 1 aliphatic heterocycles. The number of fused-ring (bicyclic) bond motifs is 1. The Morgan fingerprint density at radius 2 is 1.93 bits per heavy atom. The van der Waals surface area contributed by atoms with Crippen LogP contribution in [0.5, 0.6) is 11.5 Å². The highest BCUT2D eigenvalue weighted by Gasteiger charge is 2.34. The third-order valence-electron chi connectivity index (χ3n) is 5.11. The number of aryl methyl sites for hydroxylation is 1. The molecule has 1 aromatic heterocycles. The third-order valence-corrected chi connectivity index (χ3v) is 6.51. The van der Waals surface area contributed by atoms with Crippen molar-refractivity contribution in [2.24, 2.45) is 0 Å². The zero-order chi connectivity index (χ0) is 21.3. The third kappa shape index (κ3) is 3.65. The molecule has 0 unspecified atom stereocenters. The summed E-state index contributed by atoms with van der Waals surface area (Å²) in [6.07, 6.45) is 0. The lowest BCUT2D eigenvalue weighted by Gasteiger charge is -2.19. The fourth-order valence-corrected chi connectivity index (χ4v) is 4.96. The van der Waals surface area contributed by atoms with Crippen LogP contribution in [0, 0.1) is 6.92 Å². The number of ether oxygens (including phenoxy) is 2. The highest BCUT2D eigenvalue weighted by Crippen LogP contribution is 2.47. The zero-order valence-corrected chi connectivity index (χ0v) is 18.3. The first-order chi connectivity index (χ1) is 14.5. The summed E-state index contributed by atoms with van der Waals surface area (Å²) in [4.78, 5) is 12.8. The van der Waals surface area contributed by atoms with Crippen LogP contribution in [-0.4, -0.2) is 34.7 Å². The highest BCUT2D eigenvalue weighted by atomic mass is 32.2. The molecule has 7 heteroatoms. The van der Waals surface area contributed by atoms with Crippen LogP contribution in [0.4, 0.5) is 5.82 Å². The molecule has 2 aromatic carbocycles. The fraction of sp³-hybridized carbons (Fsp3) is 0.304. The van der Waals surface area contributed by atoms with Crippen LogP contribution in [-0.2, 0) is 4.79 Å². The maximum atomic E-state index is 12.8. The summed E-state index contributed by atoms with van der Waals surface area (Å²) in [5.41, 5.74) is 3.84. The Morgan fingerprint density at radius 3 is 2.63 bits per heavy atom. The molecule has 1 amide bonds. The number of thioether (sulfide) groups is 1. The second-order valence-electron chi connectivity index (χ2n) is 7.09. The average molecular weight is 424 g/mol. The average Bonchev–Trinajstić information content (AvgIpc) is 3.01. The van der Waals surface area contributed by atoms with Gasteiger partial charge < -0.3 is 14.8 Å². The summed E-state index contributed by atoms with van der Waals surface area (Å²) >= 11 is 1.61. The topological polar surface area (TPSA) is 65.4 Å². The van der Waals surface area contributed by atoms with Crippen molar-refractivity contribution in [3.05, 3.63) is 65.4 Å². The van der Waals surface area contributed by atoms with E-state index in [2.05, 4.69) is 5.32 Å². The fourth-order valence-electron chi connectivity index (χ4n) is 3.65. The van der Waals surface area contributed by atoms with Crippen molar-refractivity contribution < 1.29 is 14.3 Å². The van der Waals surface area contributed by atoms with Gasteiger partial charge in [-0.15, -0.1) is 11.8 Å². The second-order valence-corrected chi connectivity index (χ2v) is 8.54. The van der Waals surface area contributed by atoms with E-state index in [0.29, 0.717) is 18.1 Å². The number of aromatic nitrogens is 2. The van der Waals surface area contributed by atoms with E-state index in [4.69, 9.17) is 14.6 Å². The summed E-state index contributed by atoms with van der Waals surface area (Å²) in [5.74, 6) is 2.08. The lowest BCUT2D eigenvalue weighted by atomic mass is 10.0. The van der Waals surface area contributed by atoms with E-state index in [1.165, 1.54) is 0 Å². The number of nitrogens with zero attached hydrogens (tertiary/aromatic N) is 2. The number of anilines is 1. The molecule has 0 saturated heterocycles. The van der Waals surface area contributed by atoms with Gasteiger partial charge in [0, 0.05) is 5.56 Å². The number of amides is 1. The predicted octanol–water partition coefficient (Wildman–Crippen LogP) is 4.75. The molecule has 0 aliphatic carbocycles. The van der Waals surface area contributed by atoms with Gasteiger partial charge in [0.1, 0.15) is 5.82 Å². The van der Waals surface area contributed by atoms with E-state index in [1.807, 2.05) is 74.0 Å². The summed E-state index contributed by atoms with van der Waals surface area (Å²) in [6, 6.07) is 15.8. The Bertz CT molecular complexity index is 1070. The van der Waals surface area contributed by atoms with Gasteiger partial charge in [0.05, 0.1) is 35.6 Å². The first-order valence-electron chi connectivity index (χ1n) is 9.95. The molecule has 30 heavy (non-hydrogen) atoms. The molecular weight excluding hydrogens is 398 g/mol. The van der Waals surface area contributed by atoms with Gasteiger partial charge in [-0.05, 0) is 50.6 Å². The number of carbonyl (C=O) groups is 1. The van der Waals surface area contributed by atoms with Crippen LogP contribution >= 0.6 is 11.8 Å². The van der Waals surface area contributed by atoms with Crippen LogP contribution in [0.2, 0.25) is 0 Å². The number of benzene rings is 2. The maximum Gasteiger partial charge on any atom is 0.238 e. The summed E-state index contributed by atoms with van der Waals surface area (Å²) < 4.78 is 13.1. The lowest BCUT2D eigenvalue weighted by molar-refractivity contribution is -0.115. The highest BCUT2D eigenvalue weighted by molar-refractivity contribution is 8.01. The molecule has 4 rings (SSSR count). The van der Waals surface area contributed by atoms with E-state index in [1.54, 1.807) is 18.9 Å². The summed E-state index contributed by atoms with van der Waals surface area (Å²) in [7, 11) is 1.64. The van der Waals surface area contributed by atoms with Gasteiger partial charge in [-0.25, -0.2) is 4.68 Å². The number of para-hydroxylation sites is 1. The van der Waals surface area contributed by atoms with Crippen LogP contribution in [0.1, 0.15) is 35.9 Å². The molecule has 6 nitrogen and oxygen atoms in total. The number of methoxy groups -OCH3 is 1. The number of hydrogen-bond acceptors (Lipinski definition) is 5. The van der Waals surface area contributed by atoms with E-state index in [0.717, 1.165) is 28.3 Å². The zero-order valence-electron chi connectivity index (χ0n) is 17.5. The number of rotatable bonds is 5. The van der Waals surface area contributed by atoms with E-state index in [-0.39, 0.29) is 16.4 Å². The molecule has 0 spiro atoms. The molecule has 3 aromatic rings. The van der Waals surface area contributed by atoms with Crippen LogP contribution in [0.15, 0.2) is 48.5 Å². The van der Waals surface area contributed by atoms with Crippen molar-refractivity contribution >= 4 is 23.5 Å². The predicted molar refractivity (Wildman–Crippen MR) is 120 cm³/mol. The van der Waals surface area contributed by atoms with Gasteiger partial charge in [0.25, 0.3) is 0 Å². The minimum absolute atomic E-state index is 0.0290. The molecule has 0 saturated carbocycles. The Kier molecular flexibility index (Phi) is 5.72. The molecule has 156 valence electrons. The quantitative estimate of drug-likeness (QED) is 0.641. The second kappa shape index (κ2) is 8.44. The van der Waals surface area contributed by atoms with Crippen LogP contribution in [0.25, 0.3) is 5.69 Å².